The number of furan rings is 1. The predicted molar refractivity (Wildman–Crippen MR) is 66.5 cm³/mol. The maximum absolute atomic E-state index is 12.0. The first-order chi connectivity index (χ1) is 8.22. The lowest BCUT2D eigenvalue weighted by molar-refractivity contribution is 0.0228. The summed E-state index contributed by atoms with van der Waals surface area (Å²) in [4.78, 5) is 25.0. The first-order valence-electron chi connectivity index (χ1n) is 5.76. The lowest BCUT2D eigenvalue weighted by Crippen LogP contribution is -2.43. The average Bonchev–Trinajstić information content (AvgIpc) is 2.77. The third kappa shape index (κ3) is 3.61. The van der Waals surface area contributed by atoms with Gasteiger partial charge in [-0.1, -0.05) is 0 Å². The summed E-state index contributed by atoms with van der Waals surface area (Å²) in [6.45, 7) is 6.96. The lowest BCUT2D eigenvalue weighted by Gasteiger charge is -2.27. The molecule has 1 aromatic rings. The zero-order valence-corrected chi connectivity index (χ0v) is 11.4. The topological polar surface area (TPSA) is 59.8 Å². The van der Waals surface area contributed by atoms with Crippen molar-refractivity contribution in [3.8, 4) is 0 Å². The van der Waals surface area contributed by atoms with Crippen molar-refractivity contribution < 1.29 is 18.7 Å². The molecular formula is C13H19NO4. The van der Waals surface area contributed by atoms with E-state index in [1.165, 1.54) is 18.2 Å². The Labute approximate surface area is 107 Å². The molecule has 18 heavy (non-hydrogen) atoms. The van der Waals surface area contributed by atoms with E-state index in [-0.39, 0.29) is 11.5 Å². The van der Waals surface area contributed by atoms with Crippen LogP contribution in [0.5, 0.6) is 0 Å². The normalized spacial score (nSPS) is 12.9. The molecule has 0 saturated heterocycles. The summed E-state index contributed by atoms with van der Waals surface area (Å²) in [7, 11) is 1.53. The molecule has 1 rings (SSSR count). The van der Waals surface area contributed by atoms with Gasteiger partial charge in [-0.3, -0.25) is 4.79 Å². The highest BCUT2D eigenvalue weighted by molar-refractivity contribution is 5.98. The van der Waals surface area contributed by atoms with Gasteiger partial charge in [0.15, 0.2) is 5.76 Å². The number of hydrogen-bond donors (Lipinski definition) is 0. The summed E-state index contributed by atoms with van der Waals surface area (Å²) in [5.41, 5.74) is -0.585. The SMILES string of the molecule is CC(C(=O)c1ccco1)N(C)C(=O)OC(C)(C)C. The maximum Gasteiger partial charge on any atom is 0.410 e. The largest absolute Gasteiger partial charge is 0.461 e. The number of Topliss-reactive ketones (excluding diaryl/α,β-unsaturated/α-hetero) is 1. The monoisotopic (exact) mass is 253 g/mol. The molecule has 100 valence electrons. The summed E-state index contributed by atoms with van der Waals surface area (Å²) < 4.78 is 10.2. The van der Waals surface area contributed by atoms with Crippen molar-refractivity contribution in [2.45, 2.75) is 39.3 Å². The van der Waals surface area contributed by atoms with Crippen molar-refractivity contribution in [2.24, 2.45) is 0 Å². The fourth-order valence-electron chi connectivity index (χ4n) is 1.29. The number of carbonyl (C=O) groups is 2. The Morgan fingerprint density at radius 3 is 2.44 bits per heavy atom. The third-order valence-corrected chi connectivity index (χ3v) is 2.41. The van der Waals surface area contributed by atoms with Crippen LogP contribution in [0.2, 0.25) is 0 Å². The van der Waals surface area contributed by atoms with Gasteiger partial charge < -0.3 is 14.1 Å². The van der Waals surface area contributed by atoms with Crippen molar-refractivity contribution in [3.05, 3.63) is 24.2 Å². The molecular weight excluding hydrogens is 234 g/mol. The van der Waals surface area contributed by atoms with E-state index in [2.05, 4.69) is 0 Å². The van der Waals surface area contributed by atoms with E-state index in [9.17, 15) is 9.59 Å². The highest BCUT2D eigenvalue weighted by Crippen LogP contribution is 2.13. The fourth-order valence-corrected chi connectivity index (χ4v) is 1.29. The van der Waals surface area contributed by atoms with Crippen molar-refractivity contribution in [2.75, 3.05) is 7.05 Å². The molecule has 1 heterocycles. The van der Waals surface area contributed by atoms with Crippen LogP contribution < -0.4 is 0 Å². The molecule has 0 bridgehead atoms. The Morgan fingerprint density at radius 2 is 2.00 bits per heavy atom. The minimum Gasteiger partial charge on any atom is -0.461 e. The van der Waals surface area contributed by atoms with Gasteiger partial charge in [0.2, 0.25) is 5.78 Å². The molecule has 0 saturated carbocycles. The third-order valence-electron chi connectivity index (χ3n) is 2.41. The Kier molecular flexibility index (Phi) is 4.16. The first-order valence-corrected chi connectivity index (χ1v) is 5.76. The van der Waals surface area contributed by atoms with E-state index in [0.29, 0.717) is 0 Å². The second-order valence-electron chi connectivity index (χ2n) is 5.11. The highest BCUT2D eigenvalue weighted by atomic mass is 16.6. The lowest BCUT2D eigenvalue weighted by atomic mass is 10.1. The Bertz CT molecular complexity index is 417. The van der Waals surface area contributed by atoms with Crippen LogP contribution in [0.1, 0.15) is 38.2 Å². The van der Waals surface area contributed by atoms with Gasteiger partial charge in [0.1, 0.15) is 5.60 Å². The first kappa shape index (κ1) is 14.3. The number of ether oxygens (including phenoxy) is 1. The molecule has 1 amide bonds. The van der Waals surface area contributed by atoms with Crippen LogP contribution in [0.4, 0.5) is 4.79 Å². The van der Waals surface area contributed by atoms with Gasteiger partial charge in [0.05, 0.1) is 12.3 Å². The molecule has 0 N–H and O–H groups in total. The molecule has 5 heteroatoms. The molecule has 0 aliphatic heterocycles. The molecule has 5 nitrogen and oxygen atoms in total. The summed E-state index contributed by atoms with van der Waals surface area (Å²) >= 11 is 0. The van der Waals surface area contributed by atoms with Crippen molar-refractivity contribution in [1.29, 1.82) is 0 Å². The van der Waals surface area contributed by atoms with Gasteiger partial charge in [0.25, 0.3) is 0 Å². The smallest absolute Gasteiger partial charge is 0.410 e. The number of carbonyl (C=O) groups excluding carboxylic acids is 2. The number of likely N-dealkylation sites (N-methyl/N-ethyl adjacent to an activating group) is 1. The number of rotatable bonds is 3. The summed E-state index contributed by atoms with van der Waals surface area (Å²) in [5.74, 6) is -0.0220. The summed E-state index contributed by atoms with van der Waals surface area (Å²) in [6.07, 6.45) is 0.892. The minimum atomic E-state index is -0.633. The molecule has 1 unspecified atom stereocenters. The molecule has 0 aromatic carbocycles. The van der Waals surface area contributed by atoms with Gasteiger partial charge in [-0.25, -0.2) is 4.79 Å². The second-order valence-corrected chi connectivity index (χ2v) is 5.11. The number of amides is 1. The average molecular weight is 253 g/mol. The van der Waals surface area contributed by atoms with Gasteiger partial charge in [-0.05, 0) is 39.8 Å². The van der Waals surface area contributed by atoms with Crippen molar-refractivity contribution in [3.63, 3.8) is 0 Å². The number of hydrogen-bond acceptors (Lipinski definition) is 4. The number of ketones is 1. The van der Waals surface area contributed by atoms with Gasteiger partial charge >= 0.3 is 6.09 Å². The van der Waals surface area contributed by atoms with Gasteiger partial charge in [-0.15, -0.1) is 0 Å². The Hall–Kier alpha value is -1.78. The molecule has 1 aromatic heterocycles. The van der Waals surface area contributed by atoms with E-state index in [4.69, 9.17) is 9.15 Å². The molecule has 0 radical (unpaired) electrons. The fraction of sp³-hybridized carbons (Fsp3) is 0.538. The van der Waals surface area contributed by atoms with Crippen LogP contribution >= 0.6 is 0 Å². The number of nitrogens with zero attached hydrogens (tertiary/aromatic N) is 1. The second kappa shape index (κ2) is 5.25. The van der Waals surface area contributed by atoms with Crippen LogP contribution in [0.25, 0.3) is 0 Å². The van der Waals surface area contributed by atoms with Crippen LogP contribution in [0.3, 0.4) is 0 Å². The Morgan fingerprint density at radius 1 is 1.39 bits per heavy atom. The van der Waals surface area contributed by atoms with Crippen LogP contribution in [0.15, 0.2) is 22.8 Å². The molecule has 1 atom stereocenters. The maximum atomic E-state index is 12.0. The van der Waals surface area contributed by atoms with Crippen LogP contribution in [-0.2, 0) is 4.74 Å². The zero-order chi connectivity index (χ0) is 13.9. The molecule has 0 aliphatic carbocycles. The minimum absolute atomic E-state index is 0.234. The van der Waals surface area contributed by atoms with E-state index in [1.807, 2.05) is 0 Å². The molecule has 0 spiro atoms. The predicted octanol–water partition coefficient (Wildman–Crippen LogP) is 2.72. The van der Waals surface area contributed by atoms with Crippen LogP contribution in [-0.4, -0.2) is 35.5 Å². The van der Waals surface area contributed by atoms with E-state index < -0.39 is 17.7 Å². The van der Waals surface area contributed by atoms with E-state index in [0.717, 1.165) is 0 Å². The highest BCUT2D eigenvalue weighted by Gasteiger charge is 2.28. The summed E-state index contributed by atoms with van der Waals surface area (Å²) in [5, 5.41) is 0. The summed E-state index contributed by atoms with van der Waals surface area (Å²) in [6, 6.07) is 2.57. The van der Waals surface area contributed by atoms with E-state index >= 15 is 0 Å². The van der Waals surface area contributed by atoms with Gasteiger partial charge in [0, 0.05) is 7.05 Å². The standard InChI is InChI=1S/C13H19NO4/c1-9(11(15)10-7-6-8-17-10)14(5)12(16)18-13(2,3)4/h6-9H,1-5H3. The van der Waals surface area contributed by atoms with Crippen LogP contribution in [0, 0.1) is 0 Å². The Balaban J connectivity index is 2.69. The quantitative estimate of drug-likeness (QED) is 0.777. The van der Waals surface area contributed by atoms with Crippen molar-refractivity contribution >= 4 is 11.9 Å². The molecule has 0 fully saturated rings. The van der Waals surface area contributed by atoms with E-state index in [1.54, 1.807) is 39.8 Å². The van der Waals surface area contributed by atoms with Gasteiger partial charge in [-0.2, -0.15) is 0 Å². The molecule has 0 aliphatic rings. The van der Waals surface area contributed by atoms with Crippen molar-refractivity contribution in [1.82, 2.24) is 4.90 Å². The zero-order valence-electron chi connectivity index (χ0n) is 11.4.